The molecule has 0 atom stereocenters. The number of nitrogens with zero attached hydrogens (tertiary/aromatic N) is 2. The van der Waals surface area contributed by atoms with Crippen molar-refractivity contribution >= 4 is 27.7 Å². The van der Waals surface area contributed by atoms with Gasteiger partial charge in [-0.2, -0.15) is 4.39 Å². The van der Waals surface area contributed by atoms with E-state index in [0.717, 1.165) is 0 Å². The fraction of sp³-hybridized carbons (Fsp3) is 0. The summed E-state index contributed by atoms with van der Waals surface area (Å²) in [7, 11) is 0. The van der Waals surface area contributed by atoms with Crippen molar-refractivity contribution in [3.63, 3.8) is 0 Å². The molecule has 0 aliphatic carbocycles. The van der Waals surface area contributed by atoms with Crippen molar-refractivity contribution in [3.05, 3.63) is 52.6 Å². The third kappa shape index (κ3) is 3.07. The molecule has 1 N–H and O–H groups in total. The standard InChI is InChI=1S/C11H7BrFN3O/c12-8-4-7(5-14-6-8)11(17)16-10-3-1-2-9(13)15-10/h1-6H,(H,15,16,17). The first-order valence-electron chi connectivity index (χ1n) is 4.69. The fourth-order valence-corrected chi connectivity index (χ4v) is 1.57. The Kier molecular flexibility index (Phi) is 3.43. The van der Waals surface area contributed by atoms with E-state index in [0.29, 0.717) is 10.0 Å². The van der Waals surface area contributed by atoms with Crippen LogP contribution in [0.3, 0.4) is 0 Å². The number of anilines is 1. The van der Waals surface area contributed by atoms with Crippen LogP contribution in [0.2, 0.25) is 0 Å². The Balaban J connectivity index is 2.17. The second kappa shape index (κ2) is 5.01. The molecule has 0 aliphatic rings. The average Bonchev–Trinajstić information content (AvgIpc) is 2.29. The molecule has 2 aromatic heterocycles. The second-order valence-corrected chi connectivity index (χ2v) is 4.11. The molecule has 2 heterocycles. The number of hydrogen-bond acceptors (Lipinski definition) is 3. The first-order chi connectivity index (χ1) is 8.15. The minimum Gasteiger partial charge on any atom is -0.306 e. The van der Waals surface area contributed by atoms with E-state index in [2.05, 4.69) is 31.2 Å². The largest absolute Gasteiger partial charge is 0.306 e. The highest BCUT2D eigenvalue weighted by Crippen LogP contribution is 2.11. The van der Waals surface area contributed by atoms with Gasteiger partial charge in [-0.05, 0) is 34.1 Å². The lowest BCUT2D eigenvalue weighted by atomic mass is 10.3. The van der Waals surface area contributed by atoms with Gasteiger partial charge in [0.1, 0.15) is 5.82 Å². The number of carbonyl (C=O) groups excluding carboxylic acids is 1. The van der Waals surface area contributed by atoms with Gasteiger partial charge in [-0.1, -0.05) is 6.07 Å². The maximum Gasteiger partial charge on any atom is 0.258 e. The van der Waals surface area contributed by atoms with Crippen LogP contribution in [0, 0.1) is 5.95 Å². The molecule has 6 heteroatoms. The first-order valence-corrected chi connectivity index (χ1v) is 5.49. The van der Waals surface area contributed by atoms with Gasteiger partial charge >= 0.3 is 0 Å². The first kappa shape index (κ1) is 11.7. The highest BCUT2D eigenvalue weighted by Gasteiger charge is 2.07. The molecule has 0 saturated carbocycles. The van der Waals surface area contributed by atoms with Crippen molar-refractivity contribution < 1.29 is 9.18 Å². The highest BCUT2D eigenvalue weighted by atomic mass is 79.9. The predicted molar refractivity (Wildman–Crippen MR) is 64.1 cm³/mol. The Morgan fingerprint density at radius 3 is 2.88 bits per heavy atom. The molecule has 86 valence electrons. The molecule has 2 aromatic rings. The van der Waals surface area contributed by atoms with Gasteiger partial charge in [0, 0.05) is 16.9 Å². The molecule has 0 saturated heterocycles. The molecular formula is C11H7BrFN3O. The second-order valence-electron chi connectivity index (χ2n) is 3.19. The SMILES string of the molecule is O=C(Nc1cccc(F)n1)c1cncc(Br)c1. The third-order valence-corrected chi connectivity index (χ3v) is 2.36. The third-order valence-electron chi connectivity index (χ3n) is 1.92. The van der Waals surface area contributed by atoms with Crippen LogP contribution in [0.1, 0.15) is 10.4 Å². The van der Waals surface area contributed by atoms with E-state index in [4.69, 9.17) is 0 Å². The van der Waals surface area contributed by atoms with Gasteiger partial charge in [-0.25, -0.2) is 4.98 Å². The number of nitrogens with one attached hydrogen (secondary N) is 1. The summed E-state index contributed by atoms with van der Waals surface area (Å²) in [6.07, 6.45) is 2.98. The monoisotopic (exact) mass is 295 g/mol. The predicted octanol–water partition coefficient (Wildman–Crippen LogP) is 2.63. The minimum atomic E-state index is -0.643. The Morgan fingerprint density at radius 1 is 1.35 bits per heavy atom. The maximum absolute atomic E-state index is 12.8. The topological polar surface area (TPSA) is 54.9 Å². The molecular weight excluding hydrogens is 289 g/mol. The summed E-state index contributed by atoms with van der Waals surface area (Å²) < 4.78 is 13.5. The number of carbonyl (C=O) groups is 1. The van der Waals surface area contributed by atoms with Crippen LogP contribution in [-0.4, -0.2) is 15.9 Å². The van der Waals surface area contributed by atoms with Crippen LogP contribution in [0.15, 0.2) is 41.1 Å². The number of rotatable bonds is 2. The molecule has 2 rings (SSSR count). The molecule has 0 spiro atoms. The quantitative estimate of drug-likeness (QED) is 0.867. The zero-order chi connectivity index (χ0) is 12.3. The van der Waals surface area contributed by atoms with Gasteiger partial charge in [0.05, 0.1) is 5.56 Å². The van der Waals surface area contributed by atoms with E-state index < -0.39 is 11.9 Å². The number of pyridine rings is 2. The smallest absolute Gasteiger partial charge is 0.258 e. The summed E-state index contributed by atoms with van der Waals surface area (Å²) in [5.41, 5.74) is 0.366. The fourth-order valence-electron chi connectivity index (χ4n) is 1.20. The average molecular weight is 296 g/mol. The van der Waals surface area contributed by atoms with Crippen molar-refractivity contribution in [2.45, 2.75) is 0 Å². The van der Waals surface area contributed by atoms with Crippen LogP contribution in [0.5, 0.6) is 0 Å². The van der Waals surface area contributed by atoms with Crippen LogP contribution >= 0.6 is 15.9 Å². The van der Waals surface area contributed by atoms with Crippen molar-refractivity contribution in [2.75, 3.05) is 5.32 Å². The molecule has 0 aliphatic heterocycles. The highest BCUT2D eigenvalue weighted by molar-refractivity contribution is 9.10. The number of halogens is 2. The van der Waals surface area contributed by atoms with Gasteiger partial charge in [0.2, 0.25) is 5.95 Å². The van der Waals surface area contributed by atoms with Gasteiger partial charge in [0.25, 0.3) is 5.91 Å². The Labute approximate surface area is 105 Å². The van der Waals surface area contributed by atoms with Crippen molar-refractivity contribution in [3.8, 4) is 0 Å². The lowest BCUT2D eigenvalue weighted by Crippen LogP contribution is -2.13. The molecule has 0 unspecified atom stereocenters. The molecule has 0 bridgehead atoms. The maximum atomic E-state index is 12.8. The molecule has 4 nitrogen and oxygen atoms in total. The number of aromatic nitrogens is 2. The van der Waals surface area contributed by atoms with Crippen molar-refractivity contribution in [1.29, 1.82) is 0 Å². The van der Waals surface area contributed by atoms with E-state index in [1.807, 2.05) is 0 Å². The van der Waals surface area contributed by atoms with Crippen LogP contribution in [0.4, 0.5) is 10.2 Å². The zero-order valence-corrected chi connectivity index (χ0v) is 10.1. The summed E-state index contributed by atoms with van der Waals surface area (Å²) >= 11 is 3.21. The van der Waals surface area contributed by atoms with E-state index in [1.54, 1.807) is 12.3 Å². The zero-order valence-electron chi connectivity index (χ0n) is 8.52. The van der Waals surface area contributed by atoms with Crippen molar-refractivity contribution in [1.82, 2.24) is 9.97 Å². The normalized spacial score (nSPS) is 10.0. The number of hydrogen-bond donors (Lipinski definition) is 1. The van der Waals surface area contributed by atoms with Crippen LogP contribution < -0.4 is 5.32 Å². The summed E-state index contributed by atoms with van der Waals surface area (Å²) in [5, 5.41) is 2.48. The van der Waals surface area contributed by atoms with Crippen LogP contribution in [-0.2, 0) is 0 Å². The summed E-state index contributed by atoms with van der Waals surface area (Å²) in [6.45, 7) is 0. The lowest BCUT2D eigenvalue weighted by Gasteiger charge is -2.04. The Morgan fingerprint density at radius 2 is 2.18 bits per heavy atom. The Hall–Kier alpha value is -1.82. The van der Waals surface area contributed by atoms with Crippen molar-refractivity contribution in [2.24, 2.45) is 0 Å². The number of amides is 1. The summed E-state index contributed by atoms with van der Waals surface area (Å²) in [4.78, 5) is 19.1. The van der Waals surface area contributed by atoms with E-state index in [1.165, 1.54) is 24.4 Å². The lowest BCUT2D eigenvalue weighted by molar-refractivity contribution is 0.102. The Bertz CT molecular complexity index is 562. The van der Waals surface area contributed by atoms with Gasteiger partial charge < -0.3 is 5.32 Å². The van der Waals surface area contributed by atoms with Gasteiger partial charge in [-0.3, -0.25) is 9.78 Å². The van der Waals surface area contributed by atoms with Gasteiger partial charge in [0.15, 0.2) is 0 Å². The minimum absolute atomic E-state index is 0.162. The molecule has 0 radical (unpaired) electrons. The molecule has 0 fully saturated rings. The van der Waals surface area contributed by atoms with Crippen LogP contribution in [0.25, 0.3) is 0 Å². The molecule has 0 aromatic carbocycles. The molecule has 17 heavy (non-hydrogen) atoms. The molecule has 1 amide bonds. The van der Waals surface area contributed by atoms with E-state index >= 15 is 0 Å². The van der Waals surface area contributed by atoms with Gasteiger partial charge in [-0.15, -0.1) is 0 Å². The van der Waals surface area contributed by atoms with E-state index in [-0.39, 0.29) is 5.82 Å². The summed E-state index contributed by atoms with van der Waals surface area (Å²) in [6, 6.07) is 5.79. The summed E-state index contributed by atoms with van der Waals surface area (Å²) in [5.74, 6) is -0.873. The van der Waals surface area contributed by atoms with E-state index in [9.17, 15) is 9.18 Å².